The van der Waals surface area contributed by atoms with E-state index in [4.69, 9.17) is 21.1 Å². The molecule has 8 heteroatoms. The summed E-state index contributed by atoms with van der Waals surface area (Å²) in [6, 6.07) is 14.6. The smallest absolute Gasteiger partial charge is 0.270 e. The minimum absolute atomic E-state index is 0.243. The average molecular weight is 397 g/mol. The molecule has 7 nitrogen and oxygen atoms in total. The predicted molar refractivity (Wildman–Crippen MR) is 105 cm³/mol. The van der Waals surface area contributed by atoms with Crippen LogP contribution in [0.15, 0.2) is 54.9 Å². The maximum Gasteiger partial charge on any atom is 0.270 e. The van der Waals surface area contributed by atoms with E-state index >= 15 is 0 Å². The molecule has 0 unspecified atom stereocenters. The van der Waals surface area contributed by atoms with Crippen molar-refractivity contribution in [2.24, 2.45) is 0 Å². The van der Waals surface area contributed by atoms with Crippen LogP contribution in [0.2, 0.25) is 5.02 Å². The van der Waals surface area contributed by atoms with Crippen molar-refractivity contribution in [1.82, 2.24) is 15.3 Å². The first-order chi connectivity index (χ1) is 13.7. The predicted octanol–water partition coefficient (Wildman–Crippen LogP) is 3.40. The van der Waals surface area contributed by atoms with Crippen LogP contribution in [0.4, 0.5) is 5.82 Å². The maximum atomic E-state index is 12.4. The number of rotatable bonds is 6. The first-order valence-electron chi connectivity index (χ1n) is 8.64. The van der Waals surface area contributed by atoms with Crippen molar-refractivity contribution in [1.29, 1.82) is 0 Å². The molecule has 2 N–H and O–H groups in total. The largest absolute Gasteiger partial charge is 0.454 e. The fourth-order valence-electron chi connectivity index (χ4n) is 2.70. The Morgan fingerprint density at radius 3 is 2.61 bits per heavy atom. The van der Waals surface area contributed by atoms with Gasteiger partial charge in [-0.05, 0) is 35.4 Å². The Morgan fingerprint density at radius 1 is 0.964 bits per heavy atom. The van der Waals surface area contributed by atoms with Gasteiger partial charge in [0.1, 0.15) is 17.8 Å². The summed E-state index contributed by atoms with van der Waals surface area (Å²) < 4.78 is 10.7. The number of amides is 1. The van der Waals surface area contributed by atoms with Crippen molar-refractivity contribution >= 4 is 23.3 Å². The second-order valence-corrected chi connectivity index (χ2v) is 6.58. The number of benzene rings is 2. The van der Waals surface area contributed by atoms with E-state index in [-0.39, 0.29) is 18.4 Å². The van der Waals surface area contributed by atoms with Crippen molar-refractivity contribution in [2.75, 3.05) is 12.1 Å². The van der Waals surface area contributed by atoms with Gasteiger partial charge in [-0.15, -0.1) is 0 Å². The van der Waals surface area contributed by atoms with Gasteiger partial charge >= 0.3 is 0 Å². The lowest BCUT2D eigenvalue weighted by Gasteiger charge is -2.08. The zero-order chi connectivity index (χ0) is 19.3. The summed E-state index contributed by atoms with van der Waals surface area (Å²) in [4.78, 5) is 20.6. The van der Waals surface area contributed by atoms with Crippen LogP contribution >= 0.6 is 11.6 Å². The van der Waals surface area contributed by atoms with E-state index in [2.05, 4.69) is 20.6 Å². The van der Waals surface area contributed by atoms with Crippen LogP contribution in [0.3, 0.4) is 0 Å². The molecule has 0 saturated carbocycles. The van der Waals surface area contributed by atoms with Crippen LogP contribution in [0.5, 0.6) is 11.5 Å². The van der Waals surface area contributed by atoms with E-state index in [9.17, 15) is 4.79 Å². The van der Waals surface area contributed by atoms with Gasteiger partial charge in [-0.25, -0.2) is 9.97 Å². The highest BCUT2D eigenvalue weighted by molar-refractivity contribution is 6.30. The molecule has 3 aromatic rings. The van der Waals surface area contributed by atoms with Crippen LogP contribution in [0.25, 0.3) is 0 Å². The van der Waals surface area contributed by atoms with Gasteiger partial charge in [-0.3, -0.25) is 4.79 Å². The minimum Gasteiger partial charge on any atom is -0.454 e. The van der Waals surface area contributed by atoms with Crippen LogP contribution in [-0.4, -0.2) is 22.7 Å². The molecule has 0 aliphatic carbocycles. The van der Waals surface area contributed by atoms with Crippen LogP contribution < -0.4 is 20.1 Å². The third-order valence-corrected chi connectivity index (χ3v) is 4.43. The fourth-order valence-corrected chi connectivity index (χ4v) is 2.82. The number of carbonyl (C=O) groups excluding carboxylic acids is 1. The van der Waals surface area contributed by atoms with E-state index in [1.807, 2.05) is 30.3 Å². The number of nitrogens with one attached hydrogen (secondary N) is 2. The molecule has 0 radical (unpaired) electrons. The van der Waals surface area contributed by atoms with Crippen molar-refractivity contribution in [3.05, 3.63) is 76.7 Å². The van der Waals surface area contributed by atoms with Crippen molar-refractivity contribution in [2.45, 2.75) is 13.1 Å². The summed E-state index contributed by atoms with van der Waals surface area (Å²) in [6.07, 6.45) is 1.36. The number of hydrogen-bond acceptors (Lipinski definition) is 6. The lowest BCUT2D eigenvalue weighted by molar-refractivity contribution is 0.0945. The SMILES string of the molecule is O=C(NCc1ccc(Cl)cc1)c1cc(NCc2ccc3c(c2)OCO3)ncn1. The Balaban J connectivity index is 1.35. The Hall–Kier alpha value is -3.32. The first kappa shape index (κ1) is 18.1. The number of hydrogen-bond donors (Lipinski definition) is 2. The molecular weight excluding hydrogens is 380 g/mol. The van der Waals surface area contributed by atoms with E-state index in [0.29, 0.717) is 23.9 Å². The molecule has 0 atom stereocenters. The molecule has 0 spiro atoms. The molecule has 1 aromatic heterocycles. The molecule has 0 fully saturated rings. The van der Waals surface area contributed by atoms with E-state index < -0.39 is 0 Å². The number of fused-ring (bicyclic) bond motifs is 1. The summed E-state index contributed by atoms with van der Waals surface area (Å²) in [5.41, 5.74) is 2.25. The molecule has 0 saturated heterocycles. The lowest BCUT2D eigenvalue weighted by Crippen LogP contribution is -2.24. The standard InChI is InChI=1S/C20H17ClN4O3/c21-15-4-1-13(2-5-15)9-23-20(26)16-8-19(25-11-24-16)22-10-14-3-6-17-18(7-14)28-12-27-17/h1-8,11H,9-10,12H2,(H,23,26)(H,22,24,25). The van der Waals surface area contributed by atoms with Gasteiger partial charge in [0.2, 0.25) is 6.79 Å². The topological polar surface area (TPSA) is 85.4 Å². The zero-order valence-corrected chi connectivity index (χ0v) is 15.6. The molecule has 2 heterocycles. The second-order valence-electron chi connectivity index (χ2n) is 6.14. The van der Waals surface area contributed by atoms with E-state index in [1.54, 1.807) is 18.2 Å². The highest BCUT2D eigenvalue weighted by Gasteiger charge is 2.13. The molecule has 1 amide bonds. The fraction of sp³-hybridized carbons (Fsp3) is 0.150. The lowest BCUT2D eigenvalue weighted by atomic mass is 10.2. The maximum absolute atomic E-state index is 12.4. The molecule has 2 aromatic carbocycles. The van der Waals surface area contributed by atoms with Crippen LogP contribution in [0.1, 0.15) is 21.6 Å². The third kappa shape index (κ3) is 4.32. The molecule has 4 rings (SSSR count). The summed E-state index contributed by atoms with van der Waals surface area (Å²) in [5, 5.41) is 6.68. The quantitative estimate of drug-likeness (QED) is 0.664. The second kappa shape index (κ2) is 8.14. The first-order valence-corrected chi connectivity index (χ1v) is 9.02. The van der Waals surface area contributed by atoms with Crippen LogP contribution in [-0.2, 0) is 13.1 Å². The van der Waals surface area contributed by atoms with E-state index in [0.717, 1.165) is 22.6 Å². The van der Waals surface area contributed by atoms with Gasteiger partial charge in [0.25, 0.3) is 5.91 Å². The number of halogens is 1. The third-order valence-electron chi connectivity index (χ3n) is 4.18. The molecule has 0 bridgehead atoms. The average Bonchev–Trinajstić information content (AvgIpc) is 3.20. The molecular formula is C20H17ClN4O3. The highest BCUT2D eigenvalue weighted by atomic mass is 35.5. The number of nitrogens with zero attached hydrogens (tertiary/aromatic N) is 2. The zero-order valence-electron chi connectivity index (χ0n) is 14.8. The molecule has 1 aliphatic heterocycles. The van der Waals surface area contributed by atoms with Crippen molar-refractivity contribution in [3.63, 3.8) is 0 Å². The van der Waals surface area contributed by atoms with E-state index in [1.165, 1.54) is 6.33 Å². The Kier molecular flexibility index (Phi) is 5.25. The molecule has 28 heavy (non-hydrogen) atoms. The highest BCUT2D eigenvalue weighted by Crippen LogP contribution is 2.32. The Bertz CT molecular complexity index is 995. The van der Waals surface area contributed by atoms with Crippen LogP contribution in [0, 0.1) is 0 Å². The Labute approximate surface area is 166 Å². The van der Waals surface area contributed by atoms with Gasteiger partial charge < -0.3 is 20.1 Å². The number of anilines is 1. The van der Waals surface area contributed by atoms with Gasteiger partial charge in [-0.2, -0.15) is 0 Å². The summed E-state index contributed by atoms with van der Waals surface area (Å²) >= 11 is 5.86. The summed E-state index contributed by atoms with van der Waals surface area (Å²) in [7, 11) is 0. The summed E-state index contributed by atoms with van der Waals surface area (Å²) in [6.45, 7) is 1.16. The van der Waals surface area contributed by atoms with Crippen molar-refractivity contribution in [3.8, 4) is 11.5 Å². The number of ether oxygens (including phenoxy) is 2. The van der Waals surface area contributed by atoms with Gasteiger partial charge in [0.15, 0.2) is 11.5 Å². The van der Waals surface area contributed by atoms with Gasteiger partial charge in [0.05, 0.1) is 0 Å². The minimum atomic E-state index is -0.275. The van der Waals surface area contributed by atoms with Gasteiger partial charge in [0, 0.05) is 24.2 Å². The molecule has 142 valence electrons. The molecule has 1 aliphatic rings. The Morgan fingerprint density at radius 2 is 1.75 bits per heavy atom. The van der Waals surface area contributed by atoms with Crippen molar-refractivity contribution < 1.29 is 14.3 Å². The van der Waals surface area contributed by atoms with Gasteiger partial charge in [-0.1, -0.05) is 29.8 Å². The number of carbonyl (C=O) groups is 1. The monoisotopic (exact) mass is 396 g/mol. The number of aromatic nitrogens is 2. The normalized spacial score (nSPS) is 11.9. The summed E-state index contributed by atoms with van der Waals surface area (Å²) in [5.74, 6) is 1.75.